The van der Waals surface area contributed by atoms with Gasteiger partial charge >= 0.3 is 6.36 Å². The average Bonchev–Trinajstić information content (AvgIpc) is 2.52. The van der Waals surface area contributed by atoms with Gasteiger partial charge < -0.3 is 10.1 Å². The van der Waals surface area contributed by atoms with E-state index >= 15 is 0 Å². The SMILES string of the molecule is CC1(C)Cc2ccccc2/C(=C/C(=O)c2ccccc2OC(F)(F)F)N1. The van der Waals surface area contributed by atoms with Crippen molar-refractivity contribution in [3.63, 3.8) is 0 Å². The number of ketones is 1. The maximum absolute atomic E-state index is 12.7. The Morgan fingerprint density at radius 2 is 1.77 bits per heavy atom. The Balaban J connectivity index is 2.00. The van der Waals surface area contributed by atoms with E-state index in [9.17, 15) is 18.0 Å². The van der Waals surface area contributed by atoms with Crippen LogP contribution in [0.2, 0.25) is 0 Å². The minimum atomic E-state index is -4.86. The van der Waals surface area contributed by atoms with E-state index in [0.29, 0.717) is 5.70 Å². The third-order valence-corrected chi connectivity index (χ3v) is 4.07. The number of para-hydroxylation sites is 1. The number of ether oxygens (including phenoxy) is 1. The van der Waals surface area contributed by atoms with Crippen molar-refractivity contribution in [3.05, 3.63) is 71.3 Å². The maximum Gasteiger partial charge on any atom is 0.573 e. The van der Waals surface area contributed by atoms with Crippen LogP contribution < -0.4 is 10.1 Å². The summed E-state index contributed by atoms with van der Waals surface area (Å²) < 4.78 is 41.7. The highest BCUT2D eigenvalue weighted by molar-refractivity contribution is 6.10. The Hall–Kier alpha value is -2.76. The minimum absolute atomic E-state index is 0.139. The number of fused-ring (bicyclic) bond motifs is 1. The van der Waals surface area contributed by atoms with Gasteiger partial charge in [0.05, 0.1) is 5.56 Å². The molecule has 2 aromatic carbocycles. The predicted molar refractivity (Wildman–Crippen MR) is 92.8 cm³/mol. The van der Waals surface area contributed by atoms with Crippen LogP contribution in [0.5, 0.6) is 5.75 Å². The van der Waals surface area contributed by atoms with E-state index in [-0.39, 0.29) is 11.1 Å². The van der Waals surface area contributed by atoms with E-state index in [1.54, 1.807) is 0 Å². The molecule has 1 N–H and O–H groups in total. The molecule has 0 saturated carbocycles. The molecule has 0 aromatic heterocycles. The van der Waals surface area contributed by atoms with Crippen LogP contribution in [-0.4, -0.2) is 17.7 Å². The number of alkyl halides is 3. The number of nitrogens with one attached hydrogen (secondary N) is 1. The lowest BCUT2D eigenvalue weighted by molar-refractivity contribution is -0.274. The normalized spacial score (nSPS) is 17.3. The molecule has 0 unspecified atom stereocenters. The molecular formula is C20H18F3NO2. The molecule has 3 rings (SSSR count). The molecule has 1 aliphatic heterocycles. The van der Waals surface area contributed by atoms with E-state index < -0.39 is 17.9 Å². The molecule has 26 heavy (non-hydrogen) atoms. The van der Waals surface area contributed by atoms with Gasteiger partial charge in [-0.2, -0.15) is 0 Å². The zero-order valence-electron chi connectivity index (χ0n) is 14.4. The Kier molecular flexibility index (Phi) is 4.52. The minimum Gasteiger partial charge on any atom is -0.405 e. The highest BCUT2D eigenvalue weighted by Crippen LogP contribution is 2.31. The van der Waals surface area contributed by atoms with Crippen molar-refractivity contribution in [1.29, 1.82) is 0 Å². The van der Waals surface area contributed by atoms with E-state index in [2.05, 4.69) is 10.1 Å². The fourth-order valence-corrected chi connectivity index (χ4v) is 3.10. The standard InChI is InChI=1S/C20H18F3NO2/c1-19(2)12-13-7-3-4-8-14(13)16(24-19)11-17(25)15-9-5-6-10-18(15)26-20(21,22)23/h3-11,24H,12H2,1-2H3/b16-11-. The Bertz CT molecular complexity index is 869. The first-order chi connectivity index (χ1) is 12.1. The van der Waals surface area contributed by atoms with Crippen molar-refractivity contribution >= 4 is 11.5 Å². The topological polar surface area (TPSA) is 38.3 Å². The molecule has 1 heterocycles. The first-order valence-corrected chi connectivity index (χ1v) is 8.12. The van der Waals surface area contributed by atoms with Gasteiger partial charge in [0.1, 0.15) is 5.75 Å². The first-order valence-electron chi connectivity index (χ1n) is 8.12. The van der Waals surface area contributed by atoms with E-state index in [1.165, 1.54) is 24.3 Å². The van der Waals surface area contributed by atoms with E-state index in [1.807, 2.05) is 38.1 Å². The van der Waals surface area contributed by atoms with Gasteiger partial charge in [-0.25, -0.2) is 0 Å². The molecule has 1 aliphatic rings. The molecule has 0 bridgehead atoms. The van der Waals surface area contributed by atoms with Gasteiger partial charge in [0.25, 0.3) is 0 Å². The third kappa shape index (κ3) is 4.07. The summed E-state index contributed by atoms with van der Waals surface area (Å²) in [6.07, 6.45) is -2.75. The fraction of sp³-hybridized carbons (Fsp3) is 0.250. The van der Waals surface area contributed by atoms with Crippen molar-refractivity contribution in [2.75, 3.05) is 0 Å². The van der Waals surface area contributed by atoms with Crippen molar-refractivity contribution in [3.8, 4) is 5.75 Å². The van der Waals surface area contributed by atoms with Crippen LogP contribution in [-0.2, 0) is 6.42 Å². The molecule has 136 valence electrons. The van der Waals surface area contributed by atoms with Crippen LogP contribution in [0.3, 0.4) is 0 Å². The van der Waals surface area contributed by atoms with Crippen LogP contribution in [0, 0.1) is 0 Å². The van der Waals surface area contributed by atoms with Gasteiger partial charge in [-0.05, 0) is 38.0 Å². The first kappa shape index (κ1) is 18.0. The van der Waals surface area contributed by atoms with Gasteiger partial charge in [0, 0.05) is 22.9 Å². The molecule has 6 heteroatoms. The lowest BCUT2D eigenvalue weighted by Crippen LogP contribution is -2.43. The van der Waals surface area contributed by atoms with Crippen molar-refractivity contribution < 1.29 is 22.7 Å². The largest absolute Gasteiger partial charge is 0.573 e. The van der Waals surface area contributed by atoms with Gasteiger partial charge in [0.2, 0.25) is 0 Å². The van der Waals surface area contributed by atoms with Gasteiger partial charge in [-0.3, -0.25) is 4.79 Å². The highest BCUT2D eigenvalue weighted by Gasteiger charge is 2.33. The lowest BCUT2D eigenvalue weighted by Gasteiger charge is -2.35. The smallest absolute Gasteiger partial charge is 0.405 e. The summed E-state index contributed by atoms with van der Waals surface area (Å²) in [6, 6.07) is 13.0. The van der Waals surface area contributed by atoms with Gasteiger partial charge in [0.15, 0.2) is 5.78 Å². The molecule has 0 spiro atoms. The number of halogens is 3. The molecular weight excluding hydrogens is 343 g/mol. The number of carbonyl (C=O) groups is 1. The average molecular weight is 361 g/mol. The Morgan fingerprint density at radius 1 is 1.12 bits per heavy atom. The van der Waals surface area contributed by atoms with E-state index in [0.717, 1.165) is 23.6 Å². The van der Waals surface area contributed by atoms with E-state index in [4.69, 9.17) is 0 Å². The Labute approximate surface area is 149 Å². The van der Waals surface area contributed by atoms with Crippen LogP contribution >= 0.6 is 0 Å². The van der Waals surface area contributed by atoms with Crippen LogP contribution in [0.4, 0.5) is 13.2 Å². The molecule has 0 amide bonds. The number of rotatable bonds is 3. The summed E-state index contributed by atoms with van der Waals surface area (Å²) in [5.41, 5.74) is 2.12. The summed E-state index contributed by atoms with van der Waals surface area (Å²) in [6.45, 7) is 4.00. The summed E-state index contributed by atoms with van der Waals surface area (Å²) in [5, 5.41) is 3.29. The zero-order valence-corrected chi connectivity index (χ0v) is 14.4. The zero-order chi connectivity index (χ0) is 18.9. The molecule has 0 atom stereocenters. The third-order valence-electron chi connectivity index (χ3n) is 4.07. The maximum atomic E-state index is 12.7. The predicted octanol–water partition coefficient (Wildman–Crippen LogP) is 4.73. The Morgan fingerprint density at radius 3 is 2.50 bits per heavy atom. The van der Waals surface area contributed by atoms with Gasteiger partial charge in [-0.15, -0.1) is 13.2 Å². The van der Waals surface area contributed by atoms with Crippen molar-refractivity contribution in [2.24, 2.45) is 0 Å². The molecule has 3 nitrogen and oxygen atoms in total. The monoisotopic (exact) mass is 361 g/mol. The molecule has 0 fully saturated rings. The molecule has 0 radical (unpaired) electrons. The number of carbonyl (C=O) groups excluding carboxylic acids is 1. The molecule has 0 aliphatic carbocycles. The van der Waals surface area contributed by atoms with Crippen LogP contribution in [0.15, 0.2) is 54.6 Å². The highest BCUT2D eigenvalue weighted by atomic mass is 19.4. The van der Waals surface area contributed by atoms with Crippen molar-refractivity contribution in [2.45, 2.75) is 32.2 Å². The fourth-order valence-electron chi connectivity index (χ4n) is 3.10. The summed E-state index contributed by atoms with van der Waals surface area (Å²) in [4.78, 5) is 12.7. The summed E-state index contributed by atoms with van der Waals surface area (Å²) >= 11 is 0. The summed E-state index contributed by atoms with van der Waals surface area (Å²) in [5.74, 6) is -1.06. The van der Waals surface area contributed by atoms with Crippen LogP contribution in [0.1, 0.15) is 35.3 Å². The second-order valence-corrected chi connectivity index (χ2v) is 6.81. The quantitative estimate of drug-likeness (QED) is 0.634. The summed E-state index contributed by atoms with van der Waals surface area (Å²) in [7, 11) is 0. The second kappa shape index (κ2) is 6.52. The number of hydrogen-bond acceptors (Lipinski definition) is 3. The number of benzene rings is 2. The number of allylic oxidation sites excluding steroid dienone is 1. The van der Waals surface area contributed by atoms with Crippen LogP contribution in [0.25, 0.3) is 5.70 Å². The molecule has 0 saturated heterocycles. The molecule has 2 aromatic rings. The second-order valence-electron chi connectivity index (χ2n) is 6.81. The lowest BCUT2D eigenvalue weighted by atomic mass is 9.85. The number of hydrogen-bond donors (Lipinski definition) is 1. The van der Waals surface area contributed by atoms with Gasteiger partial charge in [-0.1, -0.05) is 36.4 Å². The van der Waals surface area contributed by atoms with Crippen molar-refractivity contribution in [1.82, 2.24) is 5.32 Å².